The minimum atomic E-state index is 0.745. The highest BCUT2D eigenvalue weighted by molar-refractivity contribution is 7.26. The van der Waals surface area contributed by atoms with Crippen LogP contribution >= 0.6 is 11.3 Å². The molecular formula is C17H11N5S. The molecule has 4 heterocycles. The molecule has 0 unspecified atom stereocenters. The minimum absolute atomic E-state index is 0.745. The van der Waals surface area contributed by atoms with Crippen LogP contribution in [0.2, 0.25) is 0 Å². The third kappa shape index (κ3) is 1.85. The van der Waals surface area contributed by atoms with Gasteiger partial charge in [-0.15, -0.1) is 11.3 Å². The summed E-state index contributed by atoms with van der Waals surface area (Å²) in [6.07, 6.45) is 1.72. The van der Waals surface area contributed by atoms with Gasteiger partial charge in [0.1, 0.15) is 21.7 Å². The number of aromatic nitrogens is 5. The molecule has 5 nitrogen and oxygen atoms in total. The molecule has 0 aliphatic heterocycles. The monoisotopic (exact) mass is 317 g/mol. The Hall–Kier alpha value is -2.86. The van der Waals surface area contributed by atoms with Crippen LogP contribution in [0.4, 0.5) is 0 Å². The number of pyridine rings is 1. The highest BCUT2D eigenvalue weighted by Gasteiger charge is 2.14. The van der Waals surface area contributed by atoms with Crippen molar-refractivity contribution >= 4 is 37.4 Å². The van der Waals surface area contributed by atoms with Crippen molar-refractivity contribution in [1.29, 1.82) is 0 Å². The average Bonchev–Trinajstić information content (AvgIpc) is 3.14. The van der Waals surface area contributed by atoms with Gasteiger partial charge < -0.3 is 0 Å². The maximum Gasteiger partial charge on any atom is 0.176 e. The lowest BCUT2D eigenvalue weighted by atomic mass is 10.1. The molecule has 5 rings (SSSR count). The highest BCUT2D eigenvalue weighted by atomic mass is 32.1. The fourth-order valence-corrected chi connectivity index (χ4v) is 3.89. The summed E-state index contributed by atoms with van der Waals surface area (Å²) in [5, 5.41) is 5.39. The smallest absolute Gasteiger partial charge is 0.176 e. The van der Waals surface area contributed by atoms with Crippen molar-refractivity contribution < 1.29 is 0 Å². The number of aryl methyl sites for hydroxylation is 1. The summed E-state index contributed by atoms with van der Waals surface area (Å²) in [5.74, 6) is 0.745. The summed E-state index contributed by atoms with van der Waals surface area (Å²) in [6, 6.07) is 14.3. The Bertz CT molecular complexity index is 1170. The van der Waals surface area contributed by atoms with E-state index in [4.69, 9.17) is 4.98 Å². The molecule has 0 aliphatic carbocycles. The van der Waals surface area contributed by atoms with Crippen LogP contribution in [-0.2, 0) is 0 Å². The Labute approximate surface area is 135 Å². The van der Waals surface area contributed by atoms with Gasteiger partial charge in [0.2, 0.25) is 0 Å². The number of hydrogen-bond donors (Lipinski definition) is 0. The van der Waals surface area contributed by atoms with Crippen LogP contribution in [0.1, 0.15) is 5.82 Å². The van der Waals surface area contributed by atoms with E-state index >= 15 is 0 Å². The summed E-state index contributed by atoms with van der Waals surface area (Å²) in [6.45, 7) is 1.89. The molecule has 1 aromatic carbocycles. The molecule has 5 aromatic rings. The van der Waals surface area contributed by atoms with E-state index in [1.54, 1.807) is 22.2 Å². The molecule has 0 bridgehead atoms. The Balaban J connectivity index is 1.83. The van der Waals surface area contributed by atoms with Crippen LogP contribution in [0.15, 0.2) is 48.8 Å². The second-order valence-corrected chi connectivity index (χ2v) is 6.37. The van der Waals surface area contributed by atoms with Crippen molar-refractivity contribution in [3.8, 4) is 11.3 Å². The van der Waals surface area contributed by atoms with E-state index in [9.17, 15) is 0 Å². The molecule has 0 amide bonds. The number of hydrogen-bond acceptors (Lipinski definition) is 5. The number of nitrogens with zero attached hydrogens (tertiary/aromatic N) is 5. The zero-order chi connectivity index (χ0) is 15.4. The first kappa shape index (κ1) is 12.7. The van der Waals surface area contributed by atoms with E-state index in [-0.39, 0.29) is 0 Å². The van der Waals surface area contributed by atoms with Crippen molar-refractivity contribution in [3.05, 3.63) is 54.6 Å². The summed E-state index contributed by atoms with van der Waals surface area (Å²) < 4.78 is 2.76. The van der Waals surface area contributed by atoms with Crippen LogP contribution in [0.25, 0.3) is 37.3 Å². The summed E-state index contributed by atoms with van der Waals surface area (Å²) in [5.41, 5.74) is 3.87. The molecule has 0 atom stereocenters. The van der Waals surface area contributed by atoms with Gasteiger partial charge in [0, 0.05) is 10.9 Å². The maximum absolute atomic E-state index is 4.82. The lowest BCUT2D eigenvalue weighted by Crippen LogP contribution is -1.89. The molecule has 0 saturated heterocycles. The van der Waals surface area contributed by atoms with E-state index in [1.165, 1.54) is 0 Å². The molecule has 4 aromatic heterocycles. The lowest BCUT2D eigenvalue weighted by Gasteiger charge is -2.00. The molecule has 110 valence electrons. The normalized spacial score (nSPS) is 11.7. The van der Waals surface area contributed by atoms with Crippen molar-refractivity contribution in [3.63, 3.8) is 0 Å². The van der Waals surface area contributed by atoms with E-state index in [1.807, 2.05) is 31.2 Å². The average molecular weight is 317 g/mol. The van der Waals surface area contributed by atoms with Crippen LogP contribution in [-0.4, -0.2) is 24.6 Å². The van der Waals surface area contributed by atoms with E-state index < -0.39 is 0 Å². The van der Waals surface area contributed by atoms with Gasteiger partial charge in [-0.3, -0.25) is 0 Å². The molecule has 6 heteroatoms. The van der Waals surface area contributed by atoms with Crippen LogP contribution in [0.3, 0.4) is 0 Å². The topological polar surface area (TPSA) is 56.0 Å². The van der Waals surface area contributed by atoms with Crippen molar-refractivity contribution in [2.75, 3.05) is 0 Å². The third-order valence-electron chi connectivity index (χ3n) is 3.84. The predicted molar refractivity (Wildman–Crippen MR) is 91.6 cm³/mol. The molecule has 0 N–H and O–H groups in total. The van der Waals surface area contributed by atoms with Crippen molar-refractivity contribution in [1.82, 2.24) is 24.6 Å². The molecule has 0 radical (unpaired) electrons. The first-order valence-corrected chi connectivity index (χ1v) is 8.08. The molecule has 0 aliphatic rings. The van der Waals surface area contributed by atoms with Gasteiger partial charge in [-0.25, -0.2) is 19.5 Å². The SMILES string of the molecule is Cc1nc2c3sc4nc(-c5ccccc5)ccc4c3ncn2n1. The van der Waals surface area contributed by atoms with Crippen LogP contribution in [0.5, 0.6) is 0 Å². The maximum atomic E-state index is 4.82. The van der Waals surface area contributed by atoms with Crippen molar-refractivity contribution in [2.45, 2.75) is 6.92 Å². The number of benzene rings is 1. The zero-order valence-corrected chi connectivity index (χ0v) is 13.1. The quantitative estimate of drug-likeness (QED) is 0.471. The minimum Gasteiger partial charge on any atom is -0.237 e. The molecule has 0 spiro atoms. The second-order valence-electron chi connectivity index (χ2n) is 5.37. The van der Waals surface area contributed by atoms with E-state index in [2.05, 4.69) is 33.3 Å². The molecule has 0 saturated carbocycles. The highest BCUT2D eigenvalue weighted by Crippen LogP contribution is 2.34. The Morgan fingerprint density at radius 3 is 2.74 bits per heavy atom. The second kappa shape index (κ2) is 4.57. The van der Waals surface area contributed by atoms with Gasteiger partial charge in [0.25, 0.3) is 0 Å². The van der Waals surface area contributed by atoms with Crippen LogP contribution < -0.4 is 0 Å². The van der Waals surface area contributed by atoms with E-state index in [0.717, 1.165) is 43.2 Å². The Morgan fingerprint density at radius 2 is 1.87 bits per heavy atom. The Kier molecular flexibility index (Phi) is 2.51. The molecule has 23 heavy (non-hydrogen) atoms. The molecule has 0 fully saturated rings. The van der Waals surface area contributed by atoms with Gasteiger partial charge in [-0.1, -0.05) is 30.3 Å². The first-order chi connectivity index (χ1) is 11.3. The van der Waals surface area contributed by atoms with Crippen molar-refractivity contribution in [2.24, 2.45) is 0 Å². The Morgan fingerprint density at radius 1 is 1.00 bits per heavy atom. The van der Waals surface area contributed by atoms with Gasteiger partial charge >= 0.3 is 0 Å². The van der Waals surface area contributed by atoms with E-state index in [0.29, 0.717) is 0 Å². The number of fused-ring (bicyclic) bond motifs is 5. The summed E-state index contributed by atoms with van der Waals surface area (Å²) in [4.78, 5) is 14.8. The first-order valence-electron chi connectivity index (χ1n) is 7.26. The van der Waals surface area contributed by atoms with Gasteiger partial charge in [0.15, 0.2) is 5.65 Å². The zero-order valence-electron chi connectivity index (χ0n) is 12.3. The predicted octanol–water partition coefficient (Wildman–Crippen LogP) is 3.86. The summed E-state index contributed by atoms with van der Waals surface area (Å²) >= 11 is 1.62. The number of thiophene rings is 1. The summed E-state index contributed by atoms with van der Waals surface area (Å²) in [7, 11) is 0. The third-order valence-corrected chi connectivity index (χ3v) is 4.92. The largest absolute Gasteiger partial charge is 0.237 e. The van der Waals surface area contributed by atoms with Crippen LogP contribution in [0, 0.1) is 6.92 Å². The van der Waals surface area contributed by atoms with Gasteiger partial charge in [0.05, 0.1) is 11.2 Å². The lowest BCUT2D eigenvalue weighted by molar-refractivity contribution is 0.910. The van der Waals surface area contributed by atoms with Gasteiger partial charge in [-0.05, 0) is 19.1 Å². The number of rotatable bonds is 1. The fourth-order valence-electron chi connectivity index (χ4n) is 2.79. The fraction of sp³-hybridized carbons (Fsp3) is 0.0588. The van der Waals surface area contributed by atoms with Gasteiger partial charge in [-0.2, -0.15) is 5.10 Å². The molecular weight excluding hydrogens is 306 g/mol. The standard InChI is InChI=1S/C17H11N5S/c1-10-19-16-15-14(18-9-22(16)21-10)12-7-8-13(20-17(12)23-15)11-5-3-2-4-6-11/h2-9H,1H3.